The van der Waals surface area contributed by atoms with Crippen molar-refractivity contribution in [2.24, 2.45) is 18.7 Å². The van der Waals surface area contributed by atoms with Crippen LogP contribution in [0.25, 0.3) is 11.1 Å². The quantitative estimate of drug-likeness (QED) is 0.842. The molecular formula is C13H19N3O2. The molecule has 0 fully saturated rings. The summed E-state index contributed by atoms with van der Waals surface area (Å²) >= 11 is 0. The second-order valence-electron chi connectivity index (χ2n) is 4.67. The van der Waals surface area contributed by atoms with Crippen molar-refractivity contribution in [3.8, 4) is 0 Å². The van der Waals surface area contributed by atoms with Gasteiger partial charge in [-0.1, -0.05) is 6.92 Å². The summed E-state index contributed by atoms with van der Waals surface area (Å²) in [6.07, 6.45) is 1.03. The Morgan fingerprint density at radius 2 is 2.28 bits per heavy atom. The molecule has 18 heavy (non-hydrogen) atoms. The number of oxazole rings is 1. The van der Waals surface area contributed by atoms with Gasteiger partial charge in [-0.25, -0.2) is 4.79 Å². The average Bonchev–Trinajstić information content (AvgIpc) is 2.65. The number of anilines is 1. The molecule has 2 aromatic rings. The number of nitrogens with two attached hydrogens (primary N) is 1. The van der Waals surface area contributed by atoms with Crippen molar-refractivity contribution in [3.05, 3.63) is 28.7 Å². The number of rotatable bonds is 5. The molecule has 2 rings (SSSR count). The third kappa shape index (κ3) is 2.56. The molecule has 0 amide bonds. The second-order valence-corrected chi connectivity index (χ2v) is 4.67. The highest BCUT2D eigenvalue weighted by Gasteiger charge is 2.06. The van der Waals surface area contributed by atoms with Crippen molar-refractivity contribution in [1.82, 2.24) is 4.57 Å². The summed E-state index contributed by atoms with van der Waals surface area (Å²) in [4.78, 5) is 11.4. The Hall–Kier alpha value is -1.75. The highest BCUT2D eigenvalue weighted by Crippen LogP contribution is 2.17. The summed E-state index contributed by atoms with van der Waals surface area (Å²) in [5.41, 5.74) is 7.98. The molecule has 0 aliphatic carbocycles. The van der Waals surface area contributed by atoms with Crippen LogP contribution in [0.3, 0.4) is 0 Å². The van der Waals surface area contributed by atoms with Crippen LogP contribution in [-0.2, 0) is 7.05 Å². The van der Waals surface area contributed by atoms with Gasteiger partial charge in [0.05, 0.1) is 5.52 Å². The molecule has 0 bridgehead atoms. The van der Waals surface area contributed by atoms with Crippen LogP contribution < -0.4 is 16.8 Å². The number of fused-ring (bicyclic) bond motifs is 1. The van der Waals surface area contributed by atoms with E-state index in [1.165, 1.54) is 4.57 Å². The van der Waals surface area contributed by atoms with Gasteiger partial charge < -0.3 is 15.5 Å². The van der Waals surface area contributed by atoms with Crippen LogP contribution in [-0.4, -0.2) is 17.7 Å². The van der Waals surface area contributed by atoms with E-state index < -0.39 is 0 Å². The maximum Gasteiger partial charge on any atom is 0.419 e. The molecule has 98 valence electrons. The smallest absolute Gasteiger partial charge is 0.408 e. The van der Waals surface area contributed by atoms with E-state index in [0.29, 0.717) is 18.0 Å². The van der Waals surface area contributed by atoms with E-state index in [1.807, 2.05) is 18.2 Å². The lowest BCUT2D eigenvalue weighted by Crippen LogP contribution is -2.15. The van der Waals surface area contributed by atoms with Crippen molar-refractivity contribution in [1.29, 1.82) is 0 Å². The van der Waals surface area contributed by atoms with Crippen LogP contribution in [0.15, 0.2) is 27.4 Å². The van der Waals surface area contributed by atoms with Crippen molar-refractivity contribution < 1.29 is 4.42 Å². The van der Waals surface area contributed by atoms with E-state index >= 15 is 0 Å². The van der Waals surface area contributed by atoms with E-state index in [1.54, 1.807) is 7.05 Å². The Balaban J connectivity index is 2.10. The average molecular weight is 249 g/mol. The number of hydrogen-bond acceptors (Lipinski definition) is 4. The zero-order valence-corrected chi connectivity index (χ0v) is 10.8. The van der Waals surface area contributed by atoms with Crippen molar-refractivity contribution >= 4 is 16.8 Å². The van der Waals surface area contributed by atoms with Gasteiger partial charge >= 0.3 is 5.76 Å². The van der Waals surface area contributed by atoms with Crippen LogP contribution in [0.2, 0.25) is 0 Å². The normalized spacial score (nSPS) is 12.8. The summed E-state index contributed by atoms with van der Waals surface area (Å²) in [6, 6.07) is 5.65. The fourth-order valence-corrected chi connectivity index (χ4v) is 1.82. The summed E-state index contributed by atoms with van der Waals surface area (Å²) in [6.45, 7) is 3.71. The molecule has 1 unspecified atom stereocenters. The fraction of sp³-hybridized carbons (Fsp3) is 0.462. The van der Waals surface area contributed by atoms with Crippen molar-refractivity contribution in [2.75, 3.05) is 18.4 Å². The first kappa shape index (κ1) is 12.7. The van der Waals surface area contributed by atoms with Gasteiger partial charge in [-0.2, -0.15) is 0 Å². The maximum atomic E-state index is 11.4. The van der Waals surface area contributed by atoms with E-state index in [0.717, 1.165) is 24.2 Å². The molecule has 0 aliphatic rings. The Morgan fingerprint density at radius 1 is 1.50 bits per heavy atom. The number of nitrogens with zero attached hydrogens (tertiary/aromatic N) is 1. The van der Waals surface area contributed by atoms with Gasteiger partial charge in [-0.05, 0) is 37.1 Å². The Bertz CT molecular complexity index is 585. The largest absolute Gasteiger partial charge is 0.419 e. The minimum atomic E-state index is -0.334. The number of aryl methyl sites for hydroxylation is 1. The number of benzene rings is 1. The third-order valence-corrected chi connectivity index (χ3v) is 3.16. The van der Waals surface area contributed by atoms with Gasteiger partial charge in [0.1, 0.15) is 0 Å². The fourth-order valence-electron chi connectivity index (χ4n) is 1.82. The van der Waals surface area contributed by atoms with Gasteiger partial charge in [0, 0.05) is 19.3 Å². The lowest BCUT2D eigenvalue weighted by molar-refractivity contribution is 0.528. The Kier molecular flexibility index (Phi) is 3.72. The molecule has 5 nitrogen and oxygen atoms in total. The van der Waals surface area contributed by atoms with E-state index in [9.17, 15) is 4.79 Å². The van der Waals surface area contributed by atoms with Gasteiger partial charge in [0.25, 0.3) is 0 Å². The highest BCUT2D eigenvalue weighted by atomic mass is 16.4. The minimum Gasteiger partial charge on any atom is -0.408 e. The monoisotopic (exact) mass is 249 g/mol. The first-order valence-corrected chi connectivity index (χ1v) is 6.15. The molecule has 1 aromatic heterocycles. The zero-order chi connectivity index (χ0) is 13.1. The van der Waals surface area contributed by atoms with Gasteiger partial charge in [0.15, 0.2) is 5.58 Å². The predicted octanol–water partition coefficient (Wildman–Crippen LogP) is 1.53. The van der Waals surface area contributed by atoms with E-state index in [2.05, 4.69) is 12.2 Å². The molecule has 0 aliphatic heterocycles. The summed E-state index contributed by atoms with van der Waals surface area (Å²) < 4.78 is 6.58. The van der Waals surface area contributed by atoms with E-state index in [-0.39, 0.29) is 5.76 Å². The molecule has 0 saturated carbocycles. The molecule has 5 heteroatoms. The highest BCUT2D eigenvalue weighted by molar-refractivity contribution is 5.77. The lowest BCUT2D eigenvalue weighted by atomic mass is 10.1. The summed E-state index contributed by atoms with van der Waals surface area (Å²) in [5, 5.41) is 3.33. The molecule has 1 aromatic carbocycles. The molecule has 1 heterocycles. The molecule has 0 radical (unpaired) electrons. The SMILES string of the molecule is CC(CN)CCNc1ccc2oc(=O)n(C)c2c1. The third-order valence-electron chi connectivity index (χ3n) is 3.16. The first-order chi connectivity index (χ1) is 8.61. The minimum absolute atomic E-state index is 0.334. The van der Waals surface area contributed by atoms with Crippen LogP contribution >= 0.6 is 0 Å². The molecule has 0 saturated heterocycles. The number of aromatic nitrogens is 1. The van der Waals surface area contributed by atoms with Gasteiger partial charge in [0.2, 0.25) is 0 Å². The Morgan fingerprint density at radius 3 is 3.00 bits per heavy atom. The number of nitrogens with one attached hydrogen (secondary N) is 1. The summed E-state index contributed by atoms with van der Waals surface area (Å²) in [5.74, 6) is 0.179. The zero-order valence-electron chi connectivity index (χ0n) is 10.8. The number of hydrogen-bond donors (Lipinski definition) is 2. The predicted molar refractivity (Wildman–Crippen MR) is 72.8 cm³/mol. The second kappa shape index (κ2) is 5.27. The molecule has 0 spiro atoms. The van der Waals surface area contributed by atoms with E-state index in [4.69, 9.17) is 10.2 Å². The van der Waals surface area contributed by atoms with Gasteiger partial charge in [-0.15, -0.1) is 0 Å². The molecular weight excluding hydrogens is 230 g/mol. The first-order valence-electron chi connectivity index (χ1n) is 6.15. The standard InChI is InChI=1S/C13H19N3O2/c1-9(8-14)5-6-15-10-3-4-12-11(7-10)16(2)13(17)18-12/h3-4,7,9,15H,5-6,8,14H2,1-2H3. The molecule has 3 N–H and O–H groups in total. The maximum absolute atomic E-state index is 11.4. The van der Waals surface area contributed by atoms with Gasteiger partial charge in [-0.3, -0.25) is 4.57 Å². The summed E-state index contributed by atoms with van der Waals surface area (Å²) in [7, 11) is 1.70. The van der Waals surface area contributed by atoms with Crippen LogP contribution in [0.1, 0.15) is 13.3 Å². The van der Waals surface area contributed by atoms with Crippen molar-refractivity contribution in [2.45, 2.75) is 13.3 Å². The van der Waals surface area contributed by atoms with Crippen LogP contribution in [0.5, 0.6) is 0 Å². The molecule has 1 atom stereocenters. The van der Waals surface area contributed by atoms with Crippen LogP contribution in [0.4, 0.5) is 5.69 Å². The Labute approximate surface area is 106 Å². The van der Waals surface area contributed by atoms with Crippen molar-refractivity contribution in [3.63, 3.8) is 0 Å². The lowest BCUT2D eigenvalue weighted by Gasteiger charge is -2.10. The topological polar surface area (TPSA) is 73.2 Å². The van der Waals surface area contributed by atoms with Crippen LogP contribution in [0, 0.1) is 5.92 Å².